The second-order valence-electron chi connectivity index (χ2n) is 6.27. The van der Waals surface area contributed by atoms with E-state index in [0.29, 0.717) is 5.69 Å². The second kappa shape index (κ2) is 10.3. The summed E-state index contributed by atoms with van der Waals surface area (Å²) in [5.41, 5.74) is 0.679. The molecule has 0 bridgehead atoms. The Kier molecular flexibility index (Phi) is 8.13. The lowest BCUT2D eigenvalue weighted by Crippen LogP contribution is -2.19. The Hall–Kier alpha value is -2.48. The van der Waals surface area contributed by atoms with Crippen LogP contribution in [-0.4, -0.2) is 42.3 Å². The molecule has 2 rings (SSSR count). The summed E-state index contributed by atoms with van der Waals surface area (Å²) in [7, 11) is 3.92. The molecule has 0 spiro atoms. The number of rotatable bonds is 8. The van der Waals surface area contributed by atoms with Gasteiger partial charge in [0.1, 0.15) is 10.7 Å². The van der Waals surface area contributed by atoms with E-state index in [0.717, 1.165) is 24.5 Å². The minimum atomic E-state index is -1.06. The van der Waals surface area contributed by atoms with Gasteiger partial charge in [0.25, 0.3) is 0 Å². The largest absolute Gasteiger partial charge is 0.462 e. The van der Waals surface area contributed by atoms with Crippen molar-refractivity contribution in [2.75, 3.05) is 26.0 Å². The van der Waals surface area contributed by atoms with Gasteiger partial charge in [-0.15, -0.1) is 0 Å². The van der Waals surface area contributed by atoms with Crippen molar-refractivity contribution in [2.24, 2.45) is 0 Å². The Balaban J connectivity index is 2.34. The highest BCUT2D eigenvalue weighted by Gasteiger charge is 2.28. The Labute approximate surface area is 178 Å². The average Bonchev–Trinajstić information content (AvgIpc) is 2.66. The molecule has 0 fully saturated rings. The maximum absolute atomic E-state index is 14.4. The third-order valence-electron chi connectivity index (χ3n) is 3.73. The molecular weight excluding hydrogens is 420 g/mol. The summed E-state index contributed by atoms with van der Waals surface area (Å²) in [5, 5.41) is 2.07. The molecule has 9 heteroatoms. The van der Waals surface area contributed by atoms with E-state index in [1.165, 1.54) is 0 Å². The lowest BCUT2D eigenvalue weighted by Gasteiger charge is -2.11. The molecular formula is C20H20Cl2FN3O3. The Morgan fingerprint density at radius 3 is 2.48 bits per heavy atom. The average molecular weight is 440 g/mol. The molecule has 29 heavy (non-hydrogen) atoms. The number of ether oxygens (including phenoxy) is 1. The normalized spacial score (nSPS) is 11.5. The standard InChI is InChI=1S/C20H20Cl2FN3O3/c1-4-29-20(28)14(18(27)16-17(23)15(21)10-25-19(16)22)9-24-13-7-5-12(6-8-13)11-26(2)3/h5-10,24H,4,11H2,1-3H3. The summed E-state index contributed by atoms with van der Waals surface area (Å²) < 4.78 is 19.3. The van der Waals surface area contributed by atoms with Gasteiger partial charge in [0.2, 0.25) is 5.78 Å². The van der Waals surface area contributed by atoms with Gasteiger partial charge in [0.05, 0.1) is 23.4 Å². The van der Waals surface area contributed by atoms with Crippen LogP contribution in [0, 0.1) is 5.82 Å². The van der Waals surface area contributed by atoms with E-state index in [4.69, 9.17) is 27.9 Å². The van der Waals surface area contributed by atoms with Crippen LogP contribution in [0.5, 0.6) is 0 Å². The van der Waals surface area contributed by atoms with Crippen LogP contribution in [0.3, 0.4) is 0 Å². The fourth-order valence-electron chi connectivity index (χ4n) is 2.43. The molecule has 1 N–H and O–H groups in total. The first kappa shape index (κ1) is 22.8. The van der Waals surface area contributed by atoms with Gasteiger partial charge in [-0.2, -0.15) is 0 Å². The monoisotopic (exact) mass is 439 g/mol. The molecule has 0 aliphatic carbocycles. The third-order valence-corrected chi connectivity index (χ3v) is 4.28. The Morgan fingerprint density at radius 2 is 1.90 bits per heavy atom. The Morgan fingerprint density at radius 1 is 1.24 bits per heavy atom. The molecule has 1 aromatic heterocycles. The molecule has 0 amide bonds. The number of nitrogens with zero attached hydrogens (tertiary/aromatic N) is 2. The number of anilines is 1. The number of ketones is 1. The second-order valence-corrected chi connectivity index (χ2v) is 7.04. The number of pyridine rings is 1. The fourth-order valence-corrected chi connectivity index (χ4v) is 2.79. The van der Waals surface area contributed by atoms with Gasteiger partial charge >= 0.3 is 5.97 Å². The van der Waals surface area contributed by atoms with Gasteiger partial charge < -0.3 is 15.0 Å². The minimum Gasteiger partial charge on any atom is -0.462 e. The highest BCUT2D eigenvalue weighted by molar-refractivity contribution is 6.37. The molecule has 154 valence electrons. The summed E-state index contributed by atoms with van der Waals surface area (Å²) in [6, 6.07) is 7.38. The van der Waals surface area contributed by atoms with Crippen molar-refractivity contribution >= 4 is 40.6 Å². The van der Waals surface area contributed by atoms with Crippen LogP contribution in [0.1, 0.15) is 22.8 Å². The van der Waals surface area contributed by atoms with E-state index in [1.54, 1.807) is 19.1 Å². The Bertz CT molecular complexity index is 931. The number of carbonyl (C=O) groups is 2. The van der Waals surface area contributed by atoms with E-state index in [-0.39, 0.29) is 11.6 Å². The quantitative estimate of drug-likeness (QED) is 0.165. The van der Waals surface area contributed by atoms with Gasteiger partial charge in [-0.25, -0.2) is 14.2 Å². The molecule has 0 radical (unpaired) electrons. The highest BCUT2D eigenvalue weighted by atomic mass is 35.5. The van der Waals surface area contributed by atoms with Gasteiger partial charge in [-0.05, 0) is 38.7 Å². The van der Waals surface area contributed by atoms with Crippen LogP contribution >= 0.6 is 23.2 Å². The number of benzene rings is 1. The lowest BCUT2D eigenvalue weighted by molar-refractivity contribution is -0.138. The zero-order valence-corrected chi connectivity index (χ0v) is 17.6. The smallest absolute Gasteiger partial charge is 0.343 e. The summed E-state index contributed by atoms with van der Waals surface area (Å²) in [6.07, 6.45) is 2.13. The predicted molar refractivity (Wildman–Crippen MR) is 111 cm³/mol. The third kappa shape index (κ3) is 6.00. The molecule has 1 heterocycles. The van der Waals surface area contributed by atoms with Crippen molar-refractivity contribution in [1.29, 1.82) is 0 Å². The van der Waals surface area contributed by atoms with Gasteiger partial charge in [-0.1, -0.05) is 35.3 Å². The number of nitrogens with one attached hydrogen (secondary N) is 1. The van der Waals surface area contributed by atoms with Crippen molar-refractivity contribution in [3.63, 3.8) is 0 Å². The van der Waals surface area contributed by atoms with Crippen molar-refractivity contribution in [2.45, 2.75) is 13.5 Å². The van der Waals surface area contributed by atoms with Crippen molar-refractivity contribution in [3.8, 4) is 0 Å². The maximum Gasteiger partial charge on any atom is 0.343 e. The predicted octanol–water partition coefficient (Wildman–Crippen LogP) is 4.33. The number of Topliss-reactive ketones (excluding diaryl/α,β-unsaturated/α-hetero) is 1. The van der Waals surface area contributed by atoms with Crippen LogP contribution in [0.25, 0.3) is 0 Å². The fraction of sp³-hybridized carbons (Fsp3) is 0.250. The maximum atomic E-state index is 14.4. The molecule has 0 aliphatic heterocycles. The number of esters is 1. The van der Waals surface area contributed by atoms with Crippen molar-refractivity contribution in [3.05, 3.63) is 69.4 Å². The van der Waals surface area contributed by atoms with Crippen LogP contribution in [0.15, 0.2) is 42.2 Å². The van der Waals surface area contributed by atoms with Crippen LogP contribution < -0.4 is 5.32 Å². The highest BCUT2D eigenvalue weighted by Crippen LogP contribution is 2.26. The van der Waals surface area contributed by atoms with Crippen molar-refractivity contribution < 1.29 is 18.7 Å². The first-order valence-electron chi connectivity index (χ1n) is 8.66. The molecule has 2 aromatic rings. The SMILES string of the molecule is CCOC(=O)C(=CNc1ccc(CN(C)C)cc1)C(=O)c1c(Cl)ncc(Cl)c1F. The van der Waals surface area contributed by atoms with E-state index in [1.807, 2.05) is 31.1 Å². The molecule has 0 atom stereocenters. The van der Waals surface area contributed by atoms with Crippen LogP contribution in [-0.2, 0) is 16.1 Å². The van der Waals surface area contributed by atoms with E-state index < -0.39 is 33.9 Å². The first-order chi connectivity index (χ1) is 13.7. The van der Waals surface area contributed by atoms with Crippen LogP contribution in [0.4, 0.5) is 10.1 Å². The molecule has 0 saturated carbocycles. The lowest BCUT2D eigenvalue weighted by atomic mass is 10.1. The number of hydrogen-bond acceptors (Lipinski definition) is 6. The number of hydrogen-bond donors (Lipinski definition) is 1. The summed E-state index contributed by atoms with van der Waals surface area (Å²) in [4.78, 5) is 30.8. The summed E-state index contributed by atoms with van der Waals surface area (Å²) >= 11 is 11.6. The summed E-state index contributed by atoms with van der Waals surface area (Å²) in [5.74, 6) is -2.97. The van der Waals surface area contributed by atoms with Crippen molar-refractivity contribution in [1.82, 2.24) is 9.88 Å². The molecule has 0 unspecified atom stereocenters. The van der Waals surface area contributed by atoms with E-state index in [9.17, 15) is 14.0 Å². The number of carbonyl (C=O) groups excluding carboxylic acids is 2. The van der Waals surface area contributed by atoms with Gasteiger partial charge in [-0.3, -0.25) is 4.79 Å². The number of aromatic nitrogens is 1. The molecule has 1 aromatic carbocycles. The molecule has 0 aliphatic rings. The summed E-state index contributed by atoms with van der Waals surface area (Å²) in [6.45, 7) is 2.39. The molecule has 0 saturated heterocycles. The van der Waals surface area contributed by atoms with Gasteiger partial charge in [0, 0.05) is 18.4 Å². The minimum absolute atomic E-state index is 0.0344. The number of halogens is 3. The zero-order valence-electron chi connectivity index (χ0n) is 16.1. The topological polar surface area (TPSA) is 71.5 Å². The van der Waals surface area contributed by atoms with Crippen LogP contribution in [0.2, 0.25) is 10.2 Å². The van der Waals surface area contributed by atoms with E-state index in [2.05, 4.69) is 10.3 Å². The molecule has 6 nitrogen and oxygen atoms in total. The van der Waals surface area contributed by atoms with E-state index >= 15 is 0 Å². The zero-order chi connectivity index (χ0) is 21.6. The van der Waals surface area contributed by atoms with Gasteiger partial charge in [0.15, 0.2) is 5.82 Å². The first-order valence-corrected chi connectivity index (χ1v) is 9.41.